The van der Waals surface area contributed by atoms with Gasteiger partial charge in [-0.05, 0) is 39.7 Å². The van der Waals surface area contributed by atoms with Crippen LogP contribution in [-0.2, 0) is 16.6 Å². The van der Waals surface area contributed by atoms with Crippen LogP contribution < -0.4 is 10.0 Å². The predicted molar refractivity (Wildman–Crippen MR) is 82.4 cm³/mol. The maximum atomic E-state index is 12.7. The first-order valence-corrected chi connectivity index (χ1v) is 9.14. The molecule has 0 spiro atoms. The molecule has 1 aromatic rings. The van der Waals surface area contributed by atoms with Crippen molar-refractivity contribution in [1.29, 1.82) is 0 Å². The first-order chi connectivity index (χ1) is 9.95. The van der Waals surface area contributed by atoms with Gasteiger partial charge in [-0.25, -0.2) is 13.1 Å². The van der Waals surface area contributed by atoms with Crippen molar-refractivity contribution in [1.82, 2.24) is 20.2 Å². The zero-order valence-electron chi connectivity index (χ0n) is 13.1. The maximum Gasteiger partial charge on any atom is 0.244 e. The van der Waals surface area contributed by atoms with Crippen LogP contribution in [0.4, 0.5) is 0 Å². The van der Waals surface area contributed by atoms with Crippen molar-refractivity contribution in [3.63, 3.8) is 0 Å². The molecule has 3 N–H and O–H groups in total. The first-order valence-electron chi connectivity index (χ1n) is 7.66. The van der Waals surface area contributed by atoms with Crippen LogP contribution in [0.15, 0.2) is 4.90 Å². The molecule has 1 aromatic heterocycles. The number of nitrogens with zero attached hydrogens (tertiary/aromatic N) is 1. The molecule has 0 aliphatic heterocycles. The lowest BCUT2D eigenvalue weighted by Gasteiger charge is -2.28. The molecule has 1 heterocycles. The Morgan fingerprint density at radius 3 is 2.62 bits per heavy atom. The monoisotopic (exact) mass is 314 g/mol. The molecule has 6 nitrogen and oxygen atoms in total. The molecule has 0 saturated heterocycles. The lowest BCUT2D eigenvalue weighted by molar-refractivity contribution is 0.303. The van der Waals surface area contributed by atoms with Gasteiger partial charge in [0.1, 0.15) is 4.90 Å². The fraction of sp³-hybridized carbons (Fsp3) is 0.786. The minimum absolute atomic E-state index is 0.0352. The molecule has 0 radical (unpaired) electrons. The second-order valence-electron chi connectivity index (χ2n) is 5.96. The van der Waals surface area contributed by atoms with E-state index in [1.165, 1.54) is 19.3 Å². The van der Waals surface area contributed by atoms with Crippen LogP contribution in [0.5, 0.6) is 0 Å². The maximum absolute atomic E-state index is 12.7. The van der Waals surface area contributed by atoms with E-state index in [1.54, 1.807) is 14.0 Å². The number of hydrogen-bond donors (Lipinski definition) is 3. The van der Waals surface area contributed by atoms with E-state index in [0.29, 0.717) is 28.7 Å². The molecule has 120 valence electrons. The van der Waals surface area contributed by atoms with Crippen molar-refractivity contribution in [2.45, 2.75) is 63.4 Å². The van der Waals surface area contributed by atoms with E-state index < -0.39 is 10.0 Å². The molecule has 0 aromatic carbocycles. The van der Waals surface area contributed by atoms with Gasteiger partial charge < -0.3 is 5.32 Å². The normalized spacial score (nSPS) is 18.8. The van der Waals surface area contributed by atoms with E-state index in [4.69, 9.17) is 0 Å². The largest absolute Gasteiger partial charge is 0.314 e. The Morgan fingerprint density at radius 2 is 2.00 bits per heavy atom. The second kappa shape index (κ2) is 6.89. The average molecular weight is 314 g/mol. The molecule has 2 rings (SSSR count). The lowest BCUT2D eigenvalue weighted by Crippen LogP contribution is -2.39. The summed E-state index contributed by atoms with van der Waals surface area (Å²) in [5, 5.41) is 9.81. The van der Waals surface area contributed by atoms with Gasteiger partial charge >= 0.3 is 0 Å². The van der Waals surface area contributed by atoms with Crippen LogP contribution in [-0.4, -0.2) is 31.7 Å². The van der Waals surface area contributed by atoms with Crippen LogP contribution in [0, 0.1) is 12.8 Å². The smallest absolute Gasteiger partial charge is 0.244 e. The Balaban J connectivity index is 2.16. The summed E-state index contributed by atoms with van der Waals surface area (Å²) < 4.78 is 28.2. The topological polar surface area (TPSA) is 86.9 Å². The molecular formula is C14H26N4O2S. The van der Waals surface area contributed by atoms with Crippen molar-refractivity contribution in [2.24, 2.45) is 5.92 Å². The highest BCUT2D eigenvalue weighted by molar-refractivity contribution is 7.89. The van der Waals surface area contributed by atoms with Crippen molar-refractivity contribution < 1.29 is 8.42 Å². The van der Waals surface area contributed by atoms with E-state index in [-0.39, 0.29) is 6.04 Å². The van der Waals surface area contributed by atoms with Crippen molar-refractivity contribution in [3.05, 3.63) is 11.4 Å². The number of nitrogens with one attached hydrogen (secondary N) is 3. The van der Waals surface area contributed by atoms with Crippen molar-refractivity contribution in [3.8, 4) is 0 Å². The Labute approximate surface area is 127 Å². The molecule has 1 aliphatic rings. The molecule has 0 bridgehead atoms. The van der Waals surface area contributed by atoms with Gasteiger partial charge in [0.2, 0.25) is 10.0 Å². The summed E-state index contributed by atoms with van der Waals surface area (Å²) >= 11 is 0. The summed E-state index contributed by atoms with van der Waals surface area (Å²) in [6, 6.07) is -0.0352. The summed E-state index contributed by atoms with van der Waals surface area (Å²) in [6.45, 7) is 4.14. The van der Waals surface area contributed by atoms with Crippen LogP contribution in [0.1, 0.15) is 50.4 Å². The van der Waals surface area contributed by atoms with E-state index in [1.807, 2.05) is 6.92 Å². The average Bonchev–Trinajstić information content (AvgIpc) is 2.81. The van der Waals surface area contributed by atoms with Crippen LogP contribution in [0.3, 0.4) is 0 Å². The number of hydrogen-bond acceptors (Lipinski definition) is 4. The minimum atomic E-state index is -3.53. The van der Waals surface area contributed by atoms with Gasteiger partial charge in [0, 0.05) is 12.6 Å². The van der Waals surface area contributed by atoms with E-state index in [0.717, 1.165) is 12.8 Å². The van der Waals surface area contributed by atoms with E-state index >= 15 is 0 Å². The Kier molecular flexibility index (Phi) is 5.40. The third-order valence-corrected chi connectivity index (χ3v) is 6.03. The van der Waals surface area contributed by atoms with Crippen LogP contribution in [0.2, 0.25) is 0 Å². The van der Waals surface area contributed by atoms with Gasteiger partial charge in [0.15, 0.2) is 0 Å². The number of rotatable bonds is 6. The number of aryl methyl sites for hydroxylation is 1. The van der Waals surface area contributed by atoms with Crippen molar-refractivity contribution >= 4 is 10.0 Å². The number of aromatic amines is 1. The molecular weight excluding hydrogens is 288 g/mol. The molecule has 1 fully saturated rings. The van der Waals surface area contributed by atoms with Gasteiger partial charge in [-0.1, -0.05) is 19.3 Å². The summed E-state index contributed by atoms with van der Waals surface area (Å²) in [5.41, 5.74) is 1.13. The summed E-state index contributed by atoms with van der Waals surface area (Å²) in [5.74, 6) is 0.438. The third kappa shape index (κ3) is 3.84. The van der Waals surface area contributed by atoms with E-state index in [2.05, 4.69) is 20.2 Å². The molecule has 1 unspecified atom stereocenters. The quantitative estimate of drug-likeness (QED) is 0.745. The lowest BCUT2D eigenvalue weighted by atomic mass is 9.85. The first kappa shape index (κ1) is 16.5. The zero-order valence-corrected chi connectivity index (χ0v) is 13.9. The molecule has 21 heavy (non-hydrogen) atoms. The third-order valence-electron chi connectivity index (χ3n) is 4.27. The van der Waals surface area contributed by atoms with Gasteiger partial charge in [-0.3, -0.25) is 5.10 Å². The predicted octanol–water partition coefficient (Wildman–Crippen LogP) is 1.68. The summed E-state index contributed by atoms with van der Waals surface area (Å²) in [7, 11) is -1.76. The second-order valence-corrected chi connectivity index (χ2v) is 7.61. The highest BCUT2D eigenvalue weighted by atomic mass is 32.2. The van der Waals surface area contributed by atoms with Crippen molar-refractivity contribution in [2.75, 3.05) is 7.05 Å². The Morgan fingerprint density at radius 1 is 1.33 bits per heavy atom. The highest BCUT2D eigenvalue weighted by Crippen LogP contribution is 2.27. The number of H-pyrrole nitrogens is 1. The Bertz CT molecular complexity index is 562. The van der Waals surface area contributed by atoms with Gasteiger partial charge in [-0.2, -0.15) is 5.10 Å². The highest BCUT2D eigenvalue weighted by Gasteiger charge is 2.29. The fourth-order valence-electron chi connectivity index (χ4n) is 3.15. The van der Waals surface area contributed by atoms with Crippen LogP contribution in [0.25, 0.3) is 0 Å². The molecule has 0 amide bonds. The number of aromatic nitrogens is 2. The summed E-state index contributed by atoms with van der Waals surface area (Å²) in [4.78, 5) is 0.291. The number of sulfonamides is 1. The molecule has 1 aliphatic carbocycles. The van der Waals surface area contributed by atoms with Gasteiger partial charge in [0.05, 0.1) is 11.4 Å². The van der Waals surface area contributed by atoms with Crippen LogP contribution >= 0.6 is 0 Å². The standard InChI is InChI=1S/C14H26N4O2S/c1-10(12-7-5-4-6-8-12)18-21(19,20)14-11(2)16-17-13(14)9-15-3/h10,12,15,18H,4-9H2,1-3H3,(H,16,17). The molecule has 7 heteroatoms. The minimum Gasteiger partial charge on any atom is -0.314 e. The summed E-state index contributed by atoms with van der Waals surface area (Å²) in [6.07, 6.45) is 5.89. The van der Waals surface area contributed by atoms with Gasteiger partial charge in [-0.15, -0.1) is 0 Å². The SMILES string of the molecule is CNCc1n[nH]c(C)c1S(=O)(=O)NC(C)C1CCCCC1. The molecule has 1 saturated carbocycles. The molecule has 1 atom stereocenters. The van der Waals surface area contributed by atoms with E-state index in [9.17, 15) is 8.42 Å². The fourth-order valence-corrected chi connectivity index (χ4v) is 4.82. The zero-order chi connectivity index (χ0) is 15.5. The Hall–Kier alpha value is -0.920. The van der Waals surface area contributed by atoms with Gasteiger partial charge in [0.25, 0.3) is 0 Å².